The monoisotopic (exact) mass is 361 g/mol. The van der Waals surface area contributed by atoms with E-state index in [0.717, 1.165) is 30.8 Å². The van der Waals surface area contributed by atoms with Crippen molar-refractivity contribution in [3.8, 4) is 0 Å². The van der Waals surface area contributed by atoms with Crippen LogP contribution in [0.15, 0.2) is 42.6 Å². The van der Waals surface area contributed by atoms with Gasteiger partial charge < -0.3 is 10.2 Å². The highest BCUT2D eigenvalue weighted by molar-refractivity contribution is 6.31. The standard InChI is InChI=1S/C18H17Cl2N3O/c1-23-8-5-12(6-9-23)15-11-14(19)2-3-16(15)22-18(24)13-4-7-21-17(20)10-13/h2-5,7,10-11H,6,8-9H2,1H3,(H,22,24). The van der Waals surface area contributed by atoms with E-state index in [1.807, 2.05) is 12.1 Å². The molecule has 1 aliphatic heterocycles. The maximum absolute atomic E-state index is 12.5. The molecule has 1 aliphatic rings. The van der Waals surface area contributed by atoms with Gasteiger partial charge in [0.1, 0.15) is 5.15 Å². The highest BCUT2D eigenvalue weighted by Crippen LogP contribution is 2.31. The number of halogens is 2. The van der Waals surface area contributed by atoms with Gasteiger partial charge in [-0.2, -0.15) is 0 Å². The molecule has 0 spiro atoms. The summed E-state index contributed by atoms with van der Waals surface area (Å²) in [6.07, 6.45) is 4.61. The van der Waals surface area contributed by atoms with Gasteiger partial charge in [0.05, 0.1) is 0 Å². The lowest BCUT2D eigenvalue weighted by Crippen LogP contribution is -2.24. The van der Waals surface area contributed by atoms with Crippen LogP contribution in [0.3, 0.4) is 0 Å². The predicted octanol–water partition coefficient (Wildman–Crippen LogP) is 4.36. The van der Waals surface area contributed by atoms with Crippen molar-refractivity contribution in [1.82, 2.24) is 9.88 Å². The molecule has 3 rings (SSSR count). The summed E-state index contributed by atoms with van der Waals surface area (Å²) in [5, 5.41) is 3.89. The van der Waals surface area contributed by atoms with Crippen molar-refractivity contribution in [2.24, 2.45) is 0 Å². The molecule has 1 amide bonds. The summed E-state index contributed by atoms with van der Waals surface area (Å²) < 4.78 is 0. The van der Waals surface area contributed by atoms with Crippen molar-refractivity contribution >= 4 is 40.4 Å². The second-order valence-electron chi connectivity index (χ2n) is 5.75. The Bertz CT molecular complexity index is 805. The molecule has 0 saturated heterocycles. The lowest BCUT2D eigenvalue weighted by Gasteiger charge is -2.23. The molecule has 1 aromatic carbocycles. The van der Waals surface area contributed by atoms with Crippen molar-refractivity contribution in [2.45, 2.75) is 6.42 Å². The number of hydrogen-bond acceptors (Lipinski definition) is 3. The zero-order valence-electron chi connectivity index (χ0n) is 13.2. The van der Waals surface area contributed by atoms with Gasteiger partial charge in [0.25, 0.3) is 5.91 Å². The third-order valence-corrected chi connectivity index (χ3v) is 4.42. The zero-order chi connectivity index (χ0) is 17.1. The summed E-state index contributed by atoms with van der Waals surface area (Å²) in [7, 11) is 2.08. The first kappa shape index (κ1) is 17.0. The number of rotatable bonds is 3. The van der Waals surface area contributed by atoms with Crippen molar-refractivity contribution in [3.63, 3.8) is 0 Å². The Morgan fingerprint density at radius 1 is 1.25 bits per heavy atom. The Labute approximate surface area is 151 Å². The lowest BCUT2D eigenvalue weighted by molar-refractivity contribution is 0.102. The van der Waals surface area contributed by atoms with Gasteiger partial charge in [0.15, 0.2) is 0 Å². The van der Waals surface area contributed by atoms with Crippen molar-refractivity contribution in [2.75, 3.05) is 25.5 Å². The second kappa shape index (κ2) is 7.34. The average molecular weight is 362 g/mol. The molecule has 24 heavy (non-hydrogen) atoms. The second-order valence-corrected chi connectivity index (χ2v) is 6.58. The largest absolute Gasteiger partial charge is 0.321 e. The fourth-order valence-electron chi connectivity index (χ4n) is 2.64. The molecule has 0 radical (unpaired) electrons. The van der Waals surface area contributed by atoms with Crippen LogP contribution in [0.2, 0.25) is 10.2 Å². The zero-order valence-corrected chi connectivity index (χ0v) is 14.7. The molecule has 2 aromatic rings. The number of carbonyl (C=O) groups is 1. The molecule has 6 heteroatoms. The van der Waals surface area contributed by atoms with Crippen LogP contribution in [-0.2, 0) is 0 Å². The van der Waals surface area contributed by atoms with E-state index in [1.54, 1.807) is 18.2 Å². The summed E-state index contributed by atoms with van der Waals surface area (Å²) in [5.41, 5.74) is 3.36. The summed E-state index contributed by atoms with van der Waals surface area (Å²) in [6, 6.07) is 8.67. The van der Waals surface area contributed by atoms with Crippen LogP contribution in [-0.4, -0.2) is 35.9 Å². The number of anilines is 1. The first-order valence-corrected chi connectivity index (χ1v) is 8.39. The van der Waals surface area contributed by atoms with E-state index in [1.165, 1.54) is 11.8 Å². The SMILES string of the molecule is CN1CC=C(c2cc(Cl)ccc2NC(=O)c2ccnc(Cl)c2)CC1. The molecule has 0 bridgehead atoms. The van der Waals surface area contributed by atoms with Crippen LogP contribution >= 0.6 is 23.2 Å². The quantitative estimate of drug-likeness (QED) is 0.826. The third kappa shape index (κ3) is 3.96. The van der Waals surface area contributed by atoms with Gasteiger partial charge in [-0.15, -0.1) is 0 Å². The number of nitrogens with one attached hydrogen (secondary N) is 1. The number of aromatic nitrogens is 1. The van der Waals surface area contributed by atoms with Gasteiger partial charge in [-0.05, 0) is 49.4 Å². The van der Waals surface area contributed by atoms with Crippen LogP contribution in [0.4, 0.5) is 5.69 Å². The van der Waals surface area contributed by atoms with Gasteiger partial charge in [0, 0.05) is 41.1 Å². The number of carbonyl (C=O) groups excluding carboxylic acids is 1. The van der Waals surface area contributed by atoms with Crippen LogP contribution in [0.5, 0.6) is 0 Å². The van der Waals surface area contributed by atoms with Crippen LogP contribution < -0.4 is 5.32 Å². The minimum atomic E-state index is -0.226. The predicted molar refractivity (Wildman–Crippen MR) is 98.7 cm³/mol. The molecule has 4 nitrogen and oxygen atoms in total. The Morgan fingerprint density at radius 2 is 2.08 bits per heavy atom. The first-order valence-electron chi connectivity index (χ1n) is 7.63. The van der Waals surface area contributed by atoms with Crippen LogP contribution in [0.25, 0.3) is 5.57 Å². The molecule has 2 heterocycles. The molecule has 1 N–H and O–H groups in total. The Hall–Kier alpha value is -1.88. The van der Waals surface area contributed by atoms with Gasteiger partial charge in [-0.1, -0.05) is 29.3 Å². The van der Waals surface area contributed by atoms with Gasteiger partial charge in [-0.3, -0.25) is 4.79 Å². The molecule has 1 aromatic heterocycles. The number of benzene rings is 1. The maximum Gasteiger partial charge on any atom is 0.255 e. The van der Waals surface area contributed by atoms with E-state index in [-0.39, 0.29) is 11.1 Å². The fraction of sp³-hybridized carbons (Fsp3) is 0.222. The number of hydrogen-bond donors (Lipinski definition) is 1. The number of amides is 1. The summed E-state index contributed by atoms with van der Waals surface area (Å²) >= 11 is 12.0. The average Bonchev–Trinajstić information content (AvgIpc) is 2.57. The molecule has 0 unspecified atom stereocenters. The molecular weight excluding hydrogens is 345 g/mol. The van der Waals surface area contributed by atoms with Crippen LogP contribution in [0, 0.1) is 0 Å². The Morgan fingerprint density at radius 3 is 2.79 bits per heavy atom. The highest BCUT2D eigenvalue weighted by atomic mass is 35.5. The van der Waals surface area contributed by atoms with E-state index in [9.17, 15) is 4.79 Å². The third-order valence-electron chi connectivity index (χ3n) is 3.98. The summed E-state index contributed by atoms with van der Waals surface area (Å²) in [5.74, 6) is -0.226. The minimum absolute atomic E-state index is 0.226. The van der Waals surface area contributed by atoms with E-state index in [4.69, 9.17) is 23.2 Å². The normalized spacial score (nSPS) is 15.0. The van der Waals surface area contributed by atoms with Gasteiger partial charge >= 0.3 is 0 Å². The van der Waals surface area contributed by atoms with Gasteiger partial charge in [-0.25, -0.2) is 4.98 Å². The van der Waals surface area contributed by atoms with Crippen LogP contribution in [0.1, 0.15) is 22.3 Å². The van der Waals surface area contributed by atoms with E-state index >= 15 is 0 Å². The topological polar surface area (TPSA) is 45.2 Å². The lowest BCUT2D eigenvalue weighted by atomic mass is 9.97. The molecule has 124 valence electrons. The number of nitrogens with zero attached hydrogens (tertiary/aromatic N) is 2. The fourth-order valence-corrected chi connectivity index (χ4v) is 2.99. The Balaban J connectivity index is 1.89. The molecule has 0 fully saturated rings. The first-order chi connectivity index (χ1) is 11.5. The molecule has 0 atom stereocenters. The van der Waals surface area contributed by atoms with E-state index in [0.29, 0.717) is 10.6 Å². The van der Waals surface area contributed by atoms with Gasteiger partial charge in [0.2, 0.25) is 0 Å². The number of pyridine rings is 1. The van der Waals surface area contributed by atoms with E-state index in [2.05, 4.69) is 28.3 Å². The minimum Gasteiger partial charge on any atom is -0.321 e. The van der Waals surface area contributed by atoms with E-state index < -0.39 is 0 Å². The Kier molecular flexibility index (Phi) is 5.19. The van der Waals surface area contributed by atoms with Crippen molar-refractivity contribution in [1.29, 1.82) is 0 Å². The summed E-state index contributed by atoms with van der Waals surface area (Å²) in [6.45, 7) is 1.86. The highest BCUT2D eigenvalue weighted by Gasteiger charge is 2.16. The smallest absolute Gasteiger partial charge is 0.255 e. The summed E-state index contributed by atoms with van der Waals surface area (Å²) in [4.78, 5) is 18.6. The maximum atomic E-state index is 12.5. The molecular formula is C18H17Cl2N3O. The van der Waals surface area contributed by atoms with Crippen molar-refractivity contribution in [3.05, 3.63) is 63.9 Å². The molecule has 0 saturated carbocycles. The van der Waals surface area contributed by atoms with Crippen molar-refractivity contribution < 1.29 is 4.79 Å². The molecule has 0 aliphatic carbocycles. The number of likely N-dealkylation sites (N-methyl/N-ethyl adjacent to an activating group) is 1.